The van der Waals surface area contributed by atoms with E-state index >= 15 is 0 Å². The molecular formula is C23H41N. The Balaban J connectivity index is 1.92. The number of hydrogen-bond donors (Lipinski definition) is 0. The molecule has 0 aliphatic heterocycles. The predicted molar refractivity (Wildman–Crippen MR) is 104 cm³/mol. The van der Waals surface area contributed by atoms with Gasteiger partial charge >= 0.3 is 0 Å². The topological polar surface area (TPSA) is 23.8 Å². The van der Waals surface area contributed by atoms with Crippen LogP contribution in [0.1, 0.15) is 111 Å². The van der Waals surface area contributed by atoms with Gasteiger partial charge in [0.2, 0.25) is 0 Å². The molecule has 0 unspecified atom stereocenters. The molecule has 0 aromatic heterocycles. The first kappa shape index (κ1) is 19.8. The lowest BCUT2D eigenvalue weighted by atomic mass is 9.57. The largest absolute Gasteiger partial charge is 0.198 e. The second-order valence-corrected chi connectivity index (χ2v) is 8.97. The zero-order valence-electron chi connectivity index (χ0n) is 16.7. The van der Waals surface area contributed by atoms with Crippen LogP contribution in [-0.4, -0.2) is 0 Å². The Morgan fingerprint density at radius 2 is 1.50 bits per heavy atom. The second kappa shape index (κ2) is 9.84. The van der Waals surface area contributed by atoms with Crippen LogP contribution in [0.3, 0.4) is 0 Å². The Morgan fingerprint density at radius 1 is 0.833 bits per heavy atom. The van der Waals surface area contributed by atoms with Gasteiger partial charge in [-0.2, -0.15) is 5.26 Å². The van der Waals surface area contributed by atoms with E-state index in [9.17, 15) is 5.26 Å². The molecule has 2 saturated carbocycles. The quantitative estimate of drug-likeness (QED) is 0.401. The average molecular weight is 332 g/mol. The third-order valence-corrected chi connectivity index (χ3v) is 7.33. The standard InChI is InChI=1S/C23H41N/c1-4-7-8-9-19-10-11-21-17-22(13-12-20(21)16-19)23(18-24,14-5-2)15-6-3/h19-22H,4-17H2,1-3H3/t19-,20-,21-,22+/m0/s1. The third kappa shape index (κ3) is 4.77. The van der Waals surface area contributed by atoms with Crippen molar-refractivity contribution in [1.82, 2.24) is 0 Å². The molecule has 1 nitrogen and oxygen atoms in total. The molecule has 0 aromatic carbocycles. The van der Waals surface area contributed by atoms with E-state index in [1.807, 2.05) is 0 Å². The van der Waals surface area contributed by atoms with Crippen molar-refractivity contribution in [2.24, 2.45) is 29.1 Å². The summed E-state index contributed by atoms with van der Waals surface area (Å²) < 4.78 is 0. The molecule has 0 aromatic rings. The Labute approximate surface area is 151 Å². The van der Waals surface area contributed by atoms with Crippen LogP contribution in [0.4, 0.5) is 0 Å². The van der Waals surface area contributed by atoms with Crippen LogP contribution in [0.5, 0.6) is 0 Å². The van der Waals surface area contributed by atoms with Crippen molar-refractivity contribution in [3.05, 3.63) is 0 Å². The minimum absolute atomic E-state index is 0.00750. The number of nitriles is 1. The van der Waals surface area contributed by atoms with E-state index in [0.29, 0.717) is 5.92 Å². The van der Waals surface area contributed by atoms with Gasteiger partial charge in [0.25, 0.3) is 0 Å². The summed E-state index contributed by atoms with van der Waals surface area (Å²) in [6.45, 7) is 6.83. The highest BCUT2D eigenvalue weighted by atomic mass is 14.5. The number of hydrogen-bond acceptors (Lipinski definition) is 1. The monoisotopic (exact) mass is 331 g/mol. The maximum atomic E-state index is 10.00. The lowest BCUT2D eigenvalue weighted by Gasteiger charge is -2.47. The van der Waals surface area contributed by atoms with Gasteiger partial charge in [-0.3, -0.25) is 0 Å². The highest BCUT2D eigenvalue weighted by Crippen LogP contribution is 2.52. The normalized spacial score (nSPS) is 30.6. The van der Waals surface area contributed by atoms with Crippen molar-refractivity contribution >= 4 is 0 Å². The fourth-order valence-electron chi connectivity index (χ4n) is 6.06. The number of rotatable bonds is 9. The summed E-state index contributed by atoms with van der Waals surface area (Å²) in [5.74, 6) is 3.62. The van der Waals surface area contributed by atoms with Gasteiger partial charge in [0, 0.05) is 0 Å². The molecule has 0 bridgehead atoms. The molecule has 24 heavy (non-hydrogen) atoms. The van der Waals surface area contributed by atoms with Crippen LogP contribution in [0.15, 0.2) is 0 Å². The second-order valence-electron chi connectivity index (χ2n) is 8.97. The summed E-state index contributed by atoms with van der Waals surface area (Å²) in [7, 11) is 0. The van der Waals surface area contributed by atoms with E-state index in [0.717, 1.165) is 43.4 Å². The predicted octanol–water partition coefficient (Wildman–Crippen LogP) is 7.51. The summed E-state index contributed by atoms with van der Waals surface area (Å²) in [6, 6.07) is 2.83. The van der Waals surface area contributed by atoms with Crippen molar-refractivity contribution in [3.63, 3.8) is 0 Å². The van der Waals surface area contributed by atoms with Crippen LogP contribution < -0.4 is 0 Å². The van der Waals surface area contributed by atoms with Crippen LogP contribution in [0.25, 0.3) is 0 Å². The van der Waals surface area contributed by atoms with Crippen molar-refractivity contribution in [2.75, 3.05) is 0 Å². The minimum Gasteiger partial charge on any atom is -0.198 e. The maximum absolute atomic E-state index is 10.00. The minimum atomic E-state index is -0.00750. The highest BCUT2D eigenvalue weighted by molar-refractivity contribution is 5.05. The molecule has 4 atom stereocenters. The van der Waals surface area contributed by atoms with Gasteiger partial charge in [-0.05, 0) is 68.6 Å². The molecule has 2 aliphatic rings. The first-order valence-corrected chi connectivity index (χ1v) is 11.1. The van der Waals surface area contributed by atoms with Crippen molar-refractivity contribution in [1.29, 1.82) is 5.26 Å². The van der Waals surface area contributed by atoms with E-state index in [1.54, 1.807) is 0 Å². The molecule has 0 heterocycles. The van der Waals surface area contributed by atoms with Crippen molar-refractivity contribution < 1.29 is 0 Å². The number of fused-ring (bicyclic) bond motifs is 1. The zero-order valence-corrected chi connectivity index (χ0v) is 16.7. The molecule has 1 heteroatoms. The van der Waals surface area contributed by atoms with Gasteiger partial charge in [-0.1, -0.05) is 65.7 Å². The molecule has 0 radical (unpaired) electrons. The fourth-order valence-corrected chi connectivity index (χ4v) is 6.06. The summed E-state index contributed by atoms with van der Waals surface area (Å²) >= 11 is 0. The molecule has 2 fully saturated rings. The summed E-state index contributed by atoms with van der Waals surface area (Å²) in [5, 5.41) is 10.00. The Bertz CT molecular complexity index is 387. The first-order valence-electron chi connectivity index (χ1n) is 11.1. The molecule has 0 spiro atoms. The van der Waals surface area contributed by atoms with Crippen LogP contribution in [0, 0.1) is 40.4 Å². The van der Waals surface area contributed by atoms with Crippen LogP contribution in [0.2, 0.25) is 0 Å². The SMILES string of the molecule is CCCCC[C@H]1CC[C@H]2C[C@H](C(C#N)(CCC)CCC)CC[C@H]2C1. The van der Waals surface area contributed by atoms with Crippen LogP contribution >= 0.6 is 0 Å². The average Bonchev–Trinajstić information content (AvgIpc) is 2.61. The first-order chi connectivity index (χ1) is 11.7. The van der Waals surface area contributed by atoms with E-state index in [-0.39, 0.29) is 5.41 Å². The van der Waals surface area contributed by atoms with E-state index in [2.05, 4.69) is 26.8 Å². The highest BCUT2D eigenvalue weighted by Gasteiger charge is 2.44. The van der Waals surface area contributed by atoms with E-state index in [4.69, 9.17) is 0 Å². The molecule has 0 saturated heterocycles. The summed E-state index contributed by atoms with van der Waals surface area (Å²) in [4.78, 5) is 0. The van der Waals surface area contributed by atoms with E-state index < -0.39 is 0 Å². The number of nitrogens with zero attached hydrogens (tertiary/aromatic N) is 1. The summed E-state index contributed by atoms with van der Waals surface area (Å²) in [5.41, 5.74) is -0.00750. The molecule has 2 aliphatic carbocycles. The van der Waals surface area contributed by atoms with E-state index in [1.165, 1.54) is 64.2 Å². The Hall–Kier alpha value is -0.510. The molecule has 138 valence electrons. The molecule has 2 rings (SSSR count). The zero-order chi connectivity index (χ0) is 17.4. The van der Waals surface area contributed by atoms with Gasteiger partial charge in [-0.15, -0.1) is 0 Å². The van der Waals surface area contributed by atoms with Crippen molar-refractivity contribution in [3.8, 4) is 6.07 Å². The third-order valence-electron chi connectivity index (χ3n) is 7.33. The molecule has 0 amide bonds. The Morgan fingerprint density at radius 3 is 2.12 bits per heavy atom. The smallest absolute Gasteiger partial charge is 0.0692 e. The van der Waals surface area contributed by atoms with Crippen molar-refractivity contribution in [2.45, 2.75) is 111 Å². The molecular weight excluding hydrogens is 290 g/mol. The Kier molecular flexibility index (Phi) is 8.12. The maximum Gasteiger partial charge on any atom is 0.0692 e. The van der Waals surface area contributed by atoms with Gasteiger partial charge in [-0.25, -0.2) is 0 Å². The molecule has 0 N–H and O–H groups in total. The fraction of sp³-hybridized carbons (Fsp3) is 0.957. The summed E-state index contributed by atoms with van der Waals surface area (Å²) in [6.07, 6.45) is 18.8. The lowest BCUT2D eigenvalue weighted by molar-refractivity contribution is 0.0444. The van der Waals surface area contributed by atoms with Gasteiger partial charge in [0.15, 0.2) is 0 Å². The van der Waals surface area contributed by atoms with Crippen LogP contribution in [-0.2, 0) is 0 Å². The van der Waals surface area contributed by atoms with Gasteiger partial charge in [0.1, 0.15) is 0 Å². The lowest BCUT2D eigenvalue weighted by Crippen LogP contribution is -2.38. The number of unbranched alkanes of at least 4 members (excludes halogenated alkanes) is 2. The van der Waals surface area contributed by atoms with Gasteiger partial charge < -0.3 is 0 Å². The van der Waals surface area contributed by atoms with Gasteiger partial charge in [0.05, 0.1) is 11.5 Å².